The Kier molecular flexibility index (Phi) is 3.54. The van der Waals surface area contributed by atoms with Crippen molar-refractivity contribution in [1.82, 2.24) is 9.55 Å². The zero-order valence-corrected chi connectivity index (χ0v) is 7.24. The van der Waals surface area contributed by atoms with Crippen molar-refractivity contribution in [1.29, 1.82) is 0 Å². The second-order valence-electron chi connectivity index (χ2n) is 2.18. The molecule has 0 saturated heterocycles. The van der Waals surface area contributed by atoms with Gasteiger partial charge in [-0.3, -0.25) is 4.57 Å². The molecule has 0 spiro atoms. The van der Waals surface area contributed by atoms with Crippen LogP contribution in [-0.2, 0) is 6.54 Å². The summed E-state index contributed by atoms with van der Waals surface area (Å²) >= 11 is 5.42. The monoisotopic (exact) mass is 184 g/mol. The number of aromatic nitrogens is 2. The highest BCUT2D eigenvalue weighted by molar-refractivity contribution is 6.18. The van der Waals surface area contributed by atoms with Crippen molar-refractivity contribution in [2.75, 3.05) is 5.88 Å². The molecule has 1 aromatic rings. The molecule has 0 aliphatic rings. The highest BCUT2D eigenvalue weighted by atomic mass is 35.5. The van der Waals surface area contributed by atoms with E-state index in [4.69, 9.17) is 11.6 Å². The number of halogens is 1. The molecule has 1 aromatic heterocycles. The van der Waals surface area contributed by atoms with Gasteiger partial charge in [0.1, 0.15) is 0 Å². The molecule has 0 unspecified atom stereocenters. The third kappa shape index (κ3) is 2.51. The maximum Gasteiger partial charge on any atom is 0.347 e. The van der Waals surface area contributed by atoms with Crippen molar-refractivity contribution >= 4 is 11.6 Å². The number of alkyl halides is 1. The van der Waals surface area contributed by atoms with Gasteiger partial charge in [0.2, 0.25) is 0 Å². The zero-order valence-electron chi connectivity index (χ0n) is 6.48. The third-order valence-corrected chi connectivity index (χ3v) is 1.52. The zero-order chi connectivity index (χ0) is 8.81. The van der Waals surface area contributed by atoms with Crippen LogP contribution in [0.4, 0.5) is 0 Å². The topological polar surface area (TPSA) is 34.9 Å². The summed E-state index contributed by atoms with van der Waals surface area (Å²) in [5.74, 6) is 0.467. The molecule has 0 amide bonds. The second-order valence-corrected chi connectivity index (χ2v) is 2.49. The van der Waals surface area contributed by atoms with Gasteiger partial charge in [-0.2, -0.15) is 0 Å². The Labute approximate surface area is 75.3 Å². The minimum Gasteiger partial charge on any atom is -0.295 e. The van der Waals surface area contributed by atoms with Gasteiger partial charge in [-0.15, -0.1) is 11.6 Å². The first kappa shape index (κ1) is 9.00. The molecule has 64 valence electrons. The molecule has 0 fully saturated rings. The van der Waals surface area contributed by atoms with Gasteiger partial charge < -0.3 is 0 Å². The molecule has 4 heteroatoms. The molecule has 1 rings (SSSR count). The molecule has 12 heavy (non-hydrogen) atoms. The smallest absolute Gasteiger partial charge is 0.295 e. The van der Waals surface area contributed by atoms with E-state index in [1.807, 2.05) is 6.08 Å². The van der Waals surface area contributed by atoms with Crippen LogP contribution in [0.3, 0.4) is 0 Å². The van der Waals surface area contributed by atoms with E-state index in [-0.39, 0.29) is 5.69 Å². The van der Waals surface area contributed by atoms with E-state index in [0.717, 1.165) is 0 Å². The van der Waals surface area contributed by atoms with Gasteiger partial charge in [-0.1, -0.05) is 12.2 Å². The predicted octanol–water partition coefficient (Wildman–Crippen LogP) is 1.04. The van der Waals surface area contributed by atoms with E-state index >= 15 is 0 Å². The molecule has 1 heterocycles. The van der Waals surface area contributed by atoms with Crippen LogP contribution in [0, 0.1) is 0 Å². The number of rotatable bonds is 3. The van der Waals surface area contributed by atoms with Crippen LogP contribution in [0.25, 0.3) is 0 Å². The minimum atomic E-state index is -0.239. The molecule has 0 radical (unpaired) electrons. The maximum absolute atomic E-state index is 11.0. The summed E-state index contributed by atoms with van der Waals surface area (Å²) in [5, 5.41) is 0. The first-order valence-corrected chi connectivity index (χ1v) is 4.10. The average molecular weight is 185 g/mol. The quantitative estimate of drug-likeness (QED) is 0.520. The van der Waals surface area contributed by atoms with Crippen molar-refractivity contribution in [2.24, 2.45) is 0 Å². The lowest BCUT2D eigenvalue weighted by molar-refractivity contribution is 0.742. The summed E-state index contributed by atoms with van der Waals surface area (Å²) in [7, 11) is 0. The molecule has 0 bridgehead atoms. The number of nitrogens with zero attached hydrogens (tertiary/aromatic N) is 2. The van der Waals surface area contributed by atoms with Crippen molar-refractivity contribution in [3.8, 4) is 0 Å². The van der Waals surface area contributed by atoms with E-state index < -0.39 is 0 Å². The molecule has 0 N–H and O–H groups in total. The third-order valence-electron chi connectivity index (χ3n) is 1.34. The van der Waals surface area contributed by atoms with E-state index in [1.165, 1.54) is 10.8 Å². The highest BCUT2D eigenvalue weighted by Gasteiger charge is 1.89. The van der Waals surface area contributed by atoms with Crippen LogP contribution in [0.2, 0.25) is 0 Å². The molecular formula is C8H9ClN2O. The van der Waals surface area contributed by atoms with Crippen LogP contribution < -0.4 is 5.69 Å². The Hall–Kier alpha value is -1.09. The first-order valence-electron chi connectivity index (χ1n) is 3.57. The van der Waals surface area contributed by atoms with Crippen LogP contribution >= 0.6 is 11.6 Å². The van der Waals surface area contributed by atoms with Gasteiger partial charge in [-0.05, 0) is 6.07 Å². The van der Waals surface area contributed by atoms with Gasteiger partial charge in [0, 0.05) is 24.8 Å². The summed E-state index contributed by atoms with van der Waals surface area (Å²) in [6, 6.07) is 1.72. The predicted molar refractivity (Wildman–Crippen MR) is 48.4 cm³/mol. The van der Waals surface area contributed by atoms with Crippen molar-refractivity contribution in [2.45, 2.75) is 6.54 Å². The highest BCUT2D eigenvalue weighted by Crippen LogP contribution is 1.83. The fraction of sp³-hybridized carbons (Fsp3) is 0.250. The second kappa shape index (κ2) is 4.72. The Morgan fingerprint density at radius 3 is 3.08 bits per heavy atom. The van der Waals surface area contributed by atoms with Crippen molar-refractivity contribution < 1.29 is 0 Å². The van der Waals surface area contributed by atoms with E-state index in [2.05, 4.69) is 4.98 Å². The maximum atomic E-state index is 11.0. The number of hydrogen-bond donors (Lipinski definition) is 0. The Balaban J connectivity index is 2.70. The lowest BCUT2D eigenvalue weighted by Gasteiger charge is -1.97. The lowest BCUT2D eigenvalue weighted by atomic mass is 10.5. The van der Waals surface area contributed by atoms with Crippen LogP contribution in [-0.4, -0.2) is 15.4 Å². The molecule has 0 aliphatic carbocycles. The average Bonchev–Trinajstić information content (AvgIpc) is 2.09. The van der Waals surface area contributed by atoms with Crippen LogP contribution in [0.5, 0.6) is 0 Å². The lowest BCUT2D eigenvalue weighted by Crippen LogP contribution is -2.20. The van der Waals surface area contributed by atoms with Gasteiger partial charge in [-0.25, -0.2) is 9.78 Å². The Bertz CT molecular complexity index is 319. The molecule has 0 aliphatic heterocycles. The van der Waals surface area contributed by atoms with Crippen molar-refractivity contribution in [3.63, 3.8) is 0 Å². The minimum absolute atomic E-state index is 0.239. The van der Waals surface area contributed by atoms with E-state index in [0.29, 0.717) is 12.4 Å². The molecule has 0 atom stereocenters. The van der Waals surface area contributed by atoms with E-state index in [1.54, 1.807) is 18.3 Å². The molecule has 0 saturated carbocycles. The molecular weight excluding hydrogens is 176 g/mol. The Morgan fingerprint density at radius 2 is 2.42 bits per heavy atom. The summed E-state index contributed by atoms with van der Waals surface area (Å²) < 4.78 is 1.50. The van der Waals surface area contributed by atoms with Crippen LogP contribution in [0.1, 0.15) is 0 Å². The normalized spacial score (nSPS) is 10.8. The largest absolute Gasteiger partial charge is 0.347 e. The van der Waals surface area contributed by atoms with Gasteiger partial charge >= 0.3 is 5.69 Å². The molecule has 0 aromatic carbocycles. The van der Waals surface area contributed by atoms with E-state index in [9.17, 15) is 4.79 Å². The summed E-state index contributed by atoms with van der Waals surface area (Å²) in [5.41, 5.74) is -0.239. The molecule has 3 nitrogen and oxygen atoms in total. The SMILES string of the molecule is O=c1ncccn1CC=CCCl. The van der Waals surface area contributed by atoms with Gasteiger partial charge in [0.25, 0.3) is 0 Å². The standard InChI is InChI=1S/C8H9ClN2O/c9-4-1-2-6-11-7-3-5-10-8(11)12/h1-3,5,7H,4,6H2. The number of allylic oxidation sites excluding steroid dienone is 2. The Morgan fingerprint density at radius 1 is 1.58 bits per heavy atom. The summed E-state index contributed by atoms with van der Waals surface area (Å²) in [6.45, 7) is 0.527. The first-order chi connectivity index (χ1) is 5.84. The fourth-order valence-electron chi connectivity index (χ4n) is 0.777. The van der Waals surface area contributed by atoms with Crippen molar-refractivity contribution in [3.05, 3.63) is 41.1 Å². The number of hydrogen-bond acceptors (Lipinski definition) is 2. The summed E-state index contributed by atoms with van der Waals surface area (Å²) in [4.78, 5) is 14.6. The van der Waals surface area contributed by atoms with Gasteiger partial charge in [0.15, 0.2) is 0 Å². The fourth-order valence-corrected chi connectivity index (χ4v) is 0.903. The summed E-state index contributed by atoms with van der Waals surface area (Å²) in [6.07, 6.45) is 6.79. The van der Waals surface area contributed by atoms with Gasteiger partial charge in [0.05, 0.1) is 0 Å². The van der Waals surface area contributed by atoms with Crippen LogP contribution in [0.15, 0.2) is 35.4 Å².